The average molecular weight is 421 g/mol. The van der Waals surface area contributed by atoms with Gasteiger partial charge in [-0.3, -0.25) is 9.59 Å². The summed E-state index contributed by atoms with van der Waals surface area (Å²) in [5, 5.41) is 34.5. The first-order valence-corrected chi connectivity index (χ1v) is 11.0. The van der Waals surface area contributed by atoms with Gasteiger partial charge in [-0.15, -0.1) is 0 Å². The standard InChI is InChI=1S/C23H32O7/c1-11-13-5-6-14-21-10-30-23(28,22(14,16(11)24)18(13)26)19(27)15(21)20(2,3)9-12(17(21)25)7-8-29-4/h12-15,18-19,26-28H,1,5-10H2,2-4H3/t12-,13+,14+,15-,18-,19+,21+,22+,23+/m1/s1. The van der Waals surface area contributed by atoms with E-state index in [-0.39, 0.29) is 23.9 Å². The van der Waals surface area contributed by atoms with Gasteiger partial charge in [0.1, 0.15) is 17.3 Å². The van der Waals surface area contributed by atoms with Gasteiger partial charge < -0.3 is 24.8 Å². The Morgan fingerprint density at radius 3 is 2.57 bits per heavy atom. The van der Waals surface area contributed by atoms with Gasteiger partial charge in [0.25, 0.3) is 0 Å². The number of fused-ring (bicyclic) bond motifs is 2. The van der Waals surface area contributed by atoms with Gasteiger partial charge in [-0.05, 0) is 42.6 Å². The highest BCUT2D eigenvalue weighted by Crippen LogP contribution is 2.76. The summed E-state index contributed by atoms with van der Waals surface area (Å²) in [4.78, 5) is 27.6. The first-order valence-electron chi connectivity index (χ1n) is 11.0. The van der Waals surface area contributed by atoms with Gasteiger partial charge >= 0.3 is 0 Å². The fourth-order valence-electron chi connectivity index (χ4n) is 8.48. The Morgan fingerprint density at radius 1 is 1.20 bits per heavy atom. The molecule has 2 aliphatic heterocycles. The Morgan fingerprint density at radius 2 is 1.90 bits per heavy atom. The van der Waals surface area contributed by atoms with Crippen LogP contribution in [0.25, 0.3) is 0 Å². The summed E-state index contributed by atoms with van der Waals surface area (Å²) in [5.74, 6) is -4.61. The fraction of sp³-hybridized carbons (Fsp3) is 0.826. The predicted molar refractivity (Wildman–Crippen MR) is 105 cm³/mol. The Bertz CT molecular complexity index is 835. The minimum atomic E-state index is -2.23. The van der Waals surface area contributed by atoms with Gasteiger partial charge in [-0.1, -0.05) is 20.4 Å². The Balaban J connectivity index is 1.74. The van der Waals surface area contributed by atoms with Gasteiger partial charge in [-0.2, -0.15) is 0 Å². The first-order chi connectivity index (χ1) is 14.0. The SMILES string of the molecule is C=C1C(=O)[C@]23[C@H](O)[C@H]1CC[C@H]2[C@@]12CO[C@@]3(O)[C@@H](O)[C@@H]1C(C)(C)C[C@@H](CCOC)C2=O. The monoisotopic (exact) mass is 420 g/mol. The van der Waals surface area contributed by atoms with Crippen LogP contribution in [-0.4, -0.2) is 65.2 Å². The minimum Gasteiger partial charge on any atom is -0.391 e. The molecule has 6 fully saturated rings. The zero-order valence-corrected chi connectivity index (χ0v) is 17.9. The maximum absolute atomic E-state index is 14.1. The molecule has 166 valence electrons. The summed E-state index contributed by atoms with van der Waals surface area (Å²) < 4.78 is 11.1. The highest BCUT2D eigenvalue weighted by molar-refractivity contribution is 6.06. The third-order valence-electron chi connectivity index (χ3n) is 9.41. The van der Waals surface area contributed by atoms with Crippen LogP contribution in [-0.2, 0) is 19.1 Å². The highest BCUT2D eigenvalue weighted by Gasteiger charge is 2.87. The number of hydrogen-bond donors (Lipinski definition) is 3. The maximum atomic E-state index is 14.1. The molecule has 0 aromatic heterocycles. The van der Waals surface area contributed by atoms with Crippen LogP contribution < -0.4 is 0 Å². The Kier molecular flexibility index (Phi) is 4.16. The maximum Gasteiger partial charge on any atom is 0.208 e. The largest absolute Gasteiger partial charge is 0.391 e. The number of carbonyl (C=O) groups excluding carboxylic acids is 2. The fourth-order valence-corrected chi connectivity index (χ4v) is 8.48. The summed E-state index contributed by atoms with van der Waals surface area (Å²) in [6, 6.07) is 0. The molecular weight excluding hydrogens is 388 g/mol. The van der Waals surface area contributed by atoms with Gasteiger partial charge in [-0.25, -0.2) is 0 Å². The number of ether oxygens (including phenoxy) is 2. The van der Waals surface area contributed by atoms with E-state index in [2.05, 4.69) is 6.58 Å². The van der Waals surface area contributed by atoms with E-state index >= 15 is 0 Å². The molecule has 9 atom stereocenters. The average Bonchev–Trinajstić information content (AvgIpc) is 2.80. The zero-order valence-electron chi connectivity index (χ0n) is 17.9. The molecule has 0 unspecified atom stereocenters. The van der Waals surface area contributed by atoms with Crippen LogP contribution in [0.2, 0.25) is 0 Å². The number of ketones is 2. The topological polar surface area (TPSA) is 113 Å². The van der Waals surface area contributed by atoms with Crippen molar-refractivity contribution < 1.29 is 34.4 Å². The van der Waals surface area contributed by atoms with E-state index in [1.54, 1.807) is 7.11 Å². The van der Waals surface area contributed by atoms with Crippen LogP contribution in [0.15, 0.2) is 12.2 Å². The molecule has 3 N–H and O–H groups in total. The molecule has 4 aliphatic carbocycles. The van der Waals surface area contributed by atoms with E-state index in [0.717, 1.165) is 0 Å². The number of hydrogen-bond acceptors (Lipinski definition) is 7. The van der Waals surface area contributed by atoms with Crippen LogP contribution in [0.4, 0.5) is 0 Å². The molecule has 6 rings (SSSR count). The van der Waals surface area contributed by atoms with Gasteiger partial charge in [0.05, 0.1) is 18.1 Å². The number of methoxy groups -OCH3 is 1. The molecule has 2 spiro atoms. The lowest BCUT2D eigenvalue weighted by molar-refractivity contribution is -0.438. The third kappa shape index (κ3) is 1.92. The zero-order chi connectivity index (χ0) is 21.9. The molecule has 0 aromatic rings. The summed E-state index contributed by atoms with van der Waals surface area (Å²) in [5.41, 5.74) is -3.06. The summed E-state index contributed by atoms with van der Waals surface area (Å²) in [6.07, 6.45) is -0.494. The number of aliphatic hydroxyl groups is 3. The van der Waals surface area contributed by atoms with Crippen molar-refractivity contribution in [3.8, 4) is 0 Å². The highest BCUT2D eigenvalue weighted by atomic mass is 16.6. The molecule has 0 amide bonds. The van der Waals surface area contributed by atoms with Crippen molar-refractivity contribution >= 4 is 11.6 Å². The van der Waals surface area contributed by atoms with Crippen molar-refractivity contribution in [1.29, 1.82) is 0 Å². The molecule has 0 radical (unpaired) electrons. The van der Waals surface area contributed by atoms with Crippen LogP contribution in [0.5, 0.6) is 0 Å². The van der Waals surface area contributed by atoms with Crippen molar-refractivity contribution in [1.82, 2.24) is 0 Å². The second-order valence-corrected chi connectivity index (χ2v) is 10.9. The summed E-state index contributed by atoms with van der Waals surface area (Å²) in [7, 11) is 1.60. The number of rotatable bonds is 3. The molecule has 4 bridgehead atoms. The van der Waals surface area contributed by atoms with E-state index in [1.807, 2.05) is 13.8 Å². The van der Waals surface area contributed by atoms with Crippen LogP contribution >= 0.6 is 0 Å². The lowest BCUT2D eigenvalue weighted by Gasteiger charge is -2.73. The lowest BCUT2D eigenvalue weighted by Crippen LogP contribution is -2.85. The summed E-state index contributed by atoms with van der Waals surface area (Å²) >= 11 is 0. The van der Waals surface area contributed by atoms with E-state index in [4.69, 9.17) is 9.47 Å². The van der Waals surface area contributed by atoms with E-state index < -0.39 is 57.8 Å². The predicted octanol–water partition coefficient (Wildman–Crippen LogP) is 0.846. The molecule has 2 heterocycles. The van der Waals surface area contributed by atoms with Gasteiger partial charge in [0, 0.05) is 31.5 Å². The quantitative estimate of drug-likeness (QED) is 0.580. The van der Waals surface area contributed by atoms with Crippen molar-refractivity contribution in [2.24, 2.45) is 39.9 Å². The van der Waals surface area contributed by atoms with Crippen molar-refractivity contribution in [2.45, 2.75) is 57.5 Å². The van der Waals surface area contributed by atoms with Crippen LogP contribution in [0, 0.1) is 39.9 Å². The molecule has 30 heavy (non-hydrogen) atoms. The molecule has 2 saturated heterocycles. The smallest absolute Gasteiger partial charge is 0.208 e. The van der Waals surface area contributed by atoms with E-state index in [9.17, 15) is 24.9 Å². The number of carbonyl (C=O) groups is 2. The van der Waals surface area contributed by atoms with Crippen molar-refractivity contribution in [2.75, 3.05) is 20.3 Å². The Labute approximate surface area is 176 Å². The van der Waals surface area contributed by atoms with Gasteiger partial charge in [0.2, 0.25) is 5.79 Å². The van der Waals surface area contributed by atoms with E-state index in [1.165, 1.54) is 0 Å². The second-order valence-electron chi connectivity index (χ2n) is 10.9. The minimum absolute atomic E-state index is 0.0231. The molecule has 4 saturated carbocycles. The van der Waals surface area contributed by atoms with Gasteiger partial charge in [0.15, 0.2) is 5.78 Å². The van der Waals surface area contributed by atoms with Crippen molar-refractivity contribution in [3.63, 3.8) is 0 Å². The molecule has 7 nitrogen and oxygen atoms in total. The number of aliphatic hydroxyl groups excluding tert-OH is 2. The summed E-state index contributed by atoms with van der Waals surface area (Å²) in [6.45, 7) is 8.33. The number of Topliss-reactive ketones (excluding diaryl/α,β-unsaturated/α-hetero) is 2. The first kappa shape index (κ1) is 20.8. The van der Waals surface area contributed by atoms with Crippen molar-refractivity contribution in [3.05, 3.63) is 12.2 Å². The molecular formula is C23H32O7. The second kappa shape index (κ2) is 6.01. The Hall–Kier alpha value is -1.12. The van der Waals surface area contributed by atoms with Crippen LogP contribution in [0.3, 0.4) is 0 Å². The lowest BCUT2D eigenvalue weighted by atomic mass is 9.35. The van der Waals surface area contributed by atoms with Crippen LogP contribution in [0.1, 0.15) is 39.5 Å². The molecule has 7 heteroatoms. The normalized spacial score (nSPS) is 53.6. The molecule has 6 aliphatic rings. The van der Waals surface area contributed by atoms with E-state index in [0.29, 0.717) is 32.3 Å². The third-order valence-corrected chi connectivity index (χ3v) is 9.41. The molecule has 0 aromatic carbocycles.